The van der Waals surface area contributed by atoms with Gasteiger partial charge in [0.1, 0.15) is 0 Å². The Morgan fingerprint density at radius 3 is 3.06 bits per heavy atom. The molecule has 1 saturated heterocycles. The minimum atomic E-state index is 0. The van der Waals surface area contributed by atoms with Gasteiger partial charge in [-0.25, -0.2) is 0 Å². The second kappa shape index (κ2) is 6.84. The third-order valence-electron chi connectivity index (χ3n) is 2.91. The molecule has 1 unspecified atom stereocenters. The number of aromatic nitrogens is 1. The van der Waals surface area contributed by atoms with Gasteiger partial charge in [-0.05, 0) is 44.1 Å². The zero-order valence-corrected chi connectivity index (χ0v) is 10.5. The zero-order valence-electron chi connectivity index (χ0n) is 9.72. The maximum atomic E-state index is 4.13. The Balaban J connectivity index is 0.00000128. The Labute approximate surface area is 104 Å². The summed E-state index contributed by atoms with van der Waals surface area (Å²) in [7, 11) is 2.19. The van der Waals surface area contributed by atoms with Crippen LogP contribution in [0, 0.1) is 5.92 Å². The van der Waals surface area contributed by atoms with Gasteiger partial charge in [0.15, 0.2) is 0 Å². The van der Waals surface area contributed by atoms with E-state index in [2.05, 4.69) is 28.3 Å². The van der Waals surface area contributed by atoms with Crippen molar-refractivity contribution in [3.63, 3.8) is 0 Å². The van der Waals surface area contributed by atoms with E-state index < -0.39 is 0 Å². The highest BCUT2D eigenvalue weighted by Crippen LogP contribution is 2.10. The molecular formula is C12H20ClN3. The van der Waals surface area contributed by atoms with Crippen LogP contribution in [0.25, 0.3) is 0 Å². The molecule has 3 nitrogen and oxygen atoms in total. The number of nitrogens with one attached hydrogen (secondary N) is 1. The molecule has 90 valence electrons. The molecule has 0 aliphatic carbocycles. The predicted molar refractivity (Wildman–Crippen MR) is 68.8 cm³/mol. The molecule has 1 N–H and O–H groups in total. The van der Waals surface area contributed by atoms with Crippen molar-refractivity contribution < 1.29 is 0 Å². The maximum absolute atomic E-state index is 4.13. The van der Waals surface area contributed by atoms with Crippen molar-refractivity contribution in [3.8, 4) is 0 Å². The molecule has 1 aliphatic rings. The summed E-state index contributed by atoms with van der Waals surface area (Å²) in [4.78, 5) is 6.51. The fourth-order valence-corrected chi connectivity index (χ4v) is 2.18. The second-order valence-electron chi connectivity index (χ2n) is 4.42. The number of nitrogens with zero attached hydrogens (tertiary/aromatic N) is 2. The average Bonchev–Trinajstić information content (AvgIpc) is 2.71. The summed E-state index contributed by atoms with van der Waals surface area (Å²) in [6.45, 7) is 4.55. The van der Waals surface area contributed by atoms with Gasteiger partial charge in [-0.1, -0.05) is 6.07 Å². The van der Waals surface area contributed by atoms with Gasteiger partial charge in [0, 0.05) is 25.5 Å². The summed E-state index contributed by atoms with van der Waals surface area (Å²) < 4.78 is 0. The summed E-state index contributed by atoms with van der Waals surface area (Å²) in [6, 6.07) is 4.14. The van der Waals surface area contributed by atoms with Crippen LogP contribution in [0.15, 0.2) is 24.5 Å². The van der Waals surface area contributed by atoms with Crippen LogP contribution >= 0.6 is 12.4 Å². The Morgan fingerprint density at radius 2 is 2.44 bits per heavy atom. The molecule has 1 aromatic rings. The smallest absolute Gasteiger partial charge is 0.0312 e. The molecule has 1 atom stereocenters. The lowest BCUT2D eigenvalue weighted by Crippen LogP contribution is -2.26. The van der Waals surface area contributed by atoms with Crippen molar-refractivity contribution in [2.24, 2.45) is 5.92 Å². The van der Waals surface area contributed by atoms with Crippen molar-refractivity contribution in [3.05, 3.63) is 30.1 Å². The van der Waals surface area contributed by atoms with Gasteiger partial charge in [0.25, 0.3) is 0 Å². The molecule has 2 heterocycles. The fourth-order valence-electron chi connectivity index (χ4n) is 2.18. The molecule has 0 aromatic carbocycles. The summed E-state index contributed by atoms with van der Waals surface area (Å²) in [5.74, 6) is 0.826. The Hall–Kier alpha value is -0.640. The van der Waals surface area contributed by atoms with E-state index in [0.717, 1.165) is 12.5 Å². The third-order valence-corrected chi connectivity index (χ3v) is 2.91. The van der Waals surface area contributed by atoms with Crippen LogP contribution in [-0.4, -0.2) is 36.6 Å². The van der Waals surface area contributed by atoms with Gasteiger partial charge in [0.2, 0.25) is 0 Å². The van der Waals surface area contributed by atoms with Crippen LogP contribution in [0.3, 0.4) is 0 Å². The van der Waals surface area contributed by atoms with E-state index in [-0.39, 0.29) is 12.4 Å². The molecule has 1 aliphatic heterocycles. The topological polar surface area (TPSA) is 28.2 Å². The second-order valence-corrected chi connectivity index (χ2v) is 4.42. The van der Waals surface area contributed by atoms with Gasteiger partial charge in [-0.2, -0.15) is 0 Å². The Morgan fingerprint density at radius 1 is 1.56 bits per heavy atom. The van der Waals surface area contributed by atoms with E-state index in [9.17, 15) is 0 Å². The quantitative estimate of drug-likeness (QED) is 0.867. The van der Waals surface area contributed by atoms with E-state index in [0.29, 0.717) is 0 Å². The molecule has 0 saturated carbocycles. The van der Waals surface area contributed by atoms with Crippen molar-refractivity contribution in [2.75, 3.05) is 26.7 Å². The molecule has 2 rings (SSSR count). The molecule has 0 spiro atoms. The van der Waals surface area contributed by atoms with Crippen LogP contribution in [0.1, 0.15) is 12.0 Å². The van der Waals surface area contributed by atoms with Crippen LogP contribution in [0.5, 0.6) is 0 Å². The summed E-state index contributed by atoms with van der Waals surface area (Å²) in [5.41, 5.74) is 1.30. The van der Waals surface area contributed by atoms with E-state index in [1.165, 1.54) is 31.6 Å². The van der Waals surface area contributed by atoms with Crippen LogP contribution in [0.4, 0.5) is 0 Å². The molecule has 0 amide bonds. The van der Waals surface area contributed by atoms with Gasteiger partial charge in [-0.15, -0.1) is 12.4 Å². The minimum Gasteiger partial charge on any atom is -0.316 e. The van der Waals surface area contributed by atoms with Crippen molar-refractivity contribution in [1.29, 1.82) is 0 Å². The average molecular weight is 242 g/mol. The van der Waals surface area contributed by atoms with Crippen molar-refractivity contribution in [1.82, 2.24) is 15.2 Å². The number of pyridine rings is 1. The Kier molecular flexibility index (Phi) is 5.74. The molecule has 16 heavy (non-hydrogen) atoms. The first kappa shape index (κ1) is 13.4. The number of rotatable bonds is 4. The maximum Gasteiger partial charge on any atom is 0.0312 e. The van der Waals surface area contributed by atoms with Crippen LogP contribution in [-0.2, 0) is 6.54 Å². The monoisotopic (exact) mass is 241 g/mol. The van der Waals surface area contributed by atoms with E-state index >= 15 is 0 Å². The molecule has 1 fully saturated rings. The first-order chi connectivity index (χ1) is 7.34. The van der Waals surface area contributed by atoms with E-state index in [1.54, 1.807) is 0 Å². The SMILES string of the molecule is CN(Cc1cccnc1)CC1CCNC1.Cl. The summed E-state index contributed by atoms with van der Waals surface area (Å²) in [6.07, 6.45) is 5.09. The number of hydrogen-bond donors (Lipinski definition) is 1. The fraction of sp³-hybridized carbons (Fsp3) is 0.583. The van der Waals surface area contributed by atoms with Crippen LogP contribution in [0.2, 0.25) is 0 Å². The molecule has 0 radical (unpaired) electrons. The third kappa shape index (κ3) is 4.08. The predicted octanol–water partition coefficient (Wildman–Crippen LogP) is 1.54. The van der Waals surface area contributed by atoms with E-state index in [4.69, 9.17) is 0 Å². The molecular weight excluding hydrogens is 222 g/mol. The van der Waals surface area contributed by atoms with Gasteiger partial charge < -0.3 is 10.2 Å². The normalized spacial score (nSPS) is 19.8. The summed E-state index contributed by atoms with van der Waals surface area (Å²) >= 11 is 0. The highest BCUT2D eigenvalue weighted by molar-refractivity contribution is 5.85. The minimum absolute atomic E-state index is 0. The highest BCUT2D eigenvalue weighted by atomic mass is 35.5. The number of halogens is 1. The van der Waals surface area contributed by atoms with Crippen LogP contribution < -0.4 is 5.32 Å². The number of hydrogen-bond acceptors (Lipinski definition) is 3. The first-order valence-electron chi connectivity index (χ1n) is 5.63. The largest absolute Gasteiger partial charge is 0.316 e. The van der Waals surface area contributed by atoms with E-state index in [1.807, 2.05) is 18.5 Å². The molecule has 1 aromatic heterocycles. The molecule has 4 heteroatoms. The summed E-state index contributed by atoms with van der Waals surface area (Å²) in [5, 5.41) is 3.40. The Bertz CT molecular complexity index is 286. The molecule has 0 bridgehead atoms. The highest BCUT2D eigenvalue weighted by Gasteiger charge is 2.16. The van der Waals surface area contributed by atoms with Gasteiger partial charge in [0.05, 0.1) is 0 Å². The van der Waals surface area contributed by atoms with Crippen molar-refractivity contribution >= 4 is 12.4 Å². The lowest BCUT2D eigenvalue weighted by molar-refractivity contribution is 0.278. The van der Waals surface area contributed by atoms with Gasteiger partial charge in [-0.3, -0.25) is 4.98 Å². The zero-order chi connectivity index (χ0) is 10.5. The lowest BCUT2D eigenvalue weighted by Gasteiger charge is -2.20. The van der Waals surface area contributed by atoms with Gasteiger partial charge >= 0.3 is 0 Å². The first-order valence-corrected chi connectivity index (χ1v) is 5.63. The van der Waals surface area contributed by atoms with Crippen molar-refractivity contribution in [2.45, 2.75) is 13.0 Å². The standard InChI is InChI=1S/C12H19N3.ClH/c1-15(10-12-4-6-14-8-12)9-11-3-2-5-13-7-11;/h2-3,5,7,12,14H,4,6,8-10H2,1H3;1H. The lowest BCUT2D eigenvalue weighted by atomic mass is 10.1.